The van der Waals surface area contributed by atoms with Crippen LogP contribution in [0.2, 0.25) is 0 Å². The summed E-state index contributed by atoms with van der Waals surface area (Å²) in [5, 5.41) is 2.26. The van der Waals surface area contributed by atoms with Crippen LogP contribution in [0.25, 0.3) is 50.1 Å². The van der Waals surface area contributed by atoms with Crippen LogP contribution >= 0.6 is 0 Å². The number of hydrogen-bond acceptors (Lipinski definition) is 4. The number of nitrogens with zero attached hydrogens (tertiary/aromatic N) is 5. The number of aromatic nitrogens is 3. The third-order valence-electron chi connectivity index (χ3n) is 13.2. The number of pyridine rings is 1. The number of anilines is 6. The Morgan fingerprint density at radius 1 is 0.569 bits per heavy atom. The molecule has 0 saturated carbocycles. The van der Waals surface area contributed by atoms with Gasteiger partial charge in [0.05, 0.1) is 16.9 Å². The summed E-state index contributed by atoms with van der Waals surface area (Å²) in [6, 6.07) is 67.3. The van der Waals surface area contributed by atoms with E-state index in [1.54, 1.807) is 0 Å². The summed E-state index contributed by atoms with van der Waals surface area (Å²) < 4.78 is 2.35. The Hall–Kier alpha value is -7.01. The van der Waals surface area contributed by atoms with Gasteiger partial charge in [0.2, 0.25) is 6.71 Å². The van der Waals surface area contributed by atoms with Gasteiger partial charge in [0.25, 0.3) is 0 Å². The van der Waals surface area contributed by atoms with Gasteiger partial charge in [-0.2, -0.15) is 0 Å². The number of hydrogen-bond donors (Lipinski definition) is 0. The van der Waals surface area contributed by atoms with Crippen molar-refractivity contribution in [2.45, 2.75) is 40.5 Å². The summed E-state index contributed by atoms with van der Waals surface area (Å²) >= 11 is 0. The Labute approximate surface area is 395 Å². The van der Waals surface area contributed by atoms with Crippen LogP contribution in [-0.4, -0.2) is 21.2 Å². The summed E-state index contributed by atoms with van der Waals surface area (Å²) in [5.74, 6) is 1.16. The number of benzene rings is 8. The van der Waals surface area contributed by atoms with Gasteiger partial charge >= 0.3 is 21.1 Å². The first-order valence-corrected chi connectivity index (χ1v) is 22.2. The van der Waals surface area contributed by atoms with E-state index in [1.807, 2.05) is 6.20 Å². The topological polar surface area (TPSA) is 37.2 Å². The fourth-order valence-electron chi connectivity index (χ4n) is 10.4. The largest absolute Gasteiger partial charge is 2.00 e. The molecular formula is C58H44BN5Pt. The van der Waals surface area contributed by atoms with Crippen LogP contribution in [0, 0.1) is 32.9 Å². The zero-order chi connectivity index (χ0) is 43.2. The van der Waals surface area contributed by atoms with Crippen molar-refractivity contribution < 1.29 is 21.1 Å². The first-order chi connectivity index (χ1) is 31.3. The standard InChI is InChI=1S/C58H44BN5.Pt/c1-36(2)43-34-53-55-54(35-43)63(45-19-10-7-11-20-45)51-27-25-42(58-61-49-22-14-15-23-52(49)64(58)57-38(4)30-37(3)31-39(57)5)33-48(51)59(55)47-32-41(56-46-21-13-12-16-40(46)28-29-60-56)24-26-50(47)62(53)44-17-8-6-9-18-44;/h6-31,34-36H,1-5H3;/q-2;+2. The molecular weight excluding hydrogens is 973 g/mol. The summed E-state index contributed by atoms with van der Waals surface area (Å²) in [7, 11) is 0. The molecule has 0 bridgehead atoms. The van der Waals surface area contributed by atoms with E-state index in [-0.39, 0.29) is 27.8 Å². The summed E-state index contributed by atoms with van der Waals surface area (Å²) in [5.41, 5.74) is 21.0. The summed E-state index contributed by atoms with van der Waals surface area (Å²) in [6.45, 7) is 11.0. The predicted octanol–water partition coefficient (Wildman–Crippen LogP) is 12.6. The third kappa shape index (κ3) is 6.49. The molecule has 0 amide bonds. The van der Waals surface area contributed by atoms with Gasteiger partial charge in [-0.25, -0.2) is 0 Å². The molecule has 8 aromatic carbocycles. The minimum absolute atomic E-state index is 0. The minimum Gasteiger partial charge on any atom is -0.352 e. The van der Waals surface area contributed by atoms with Gasteiger partial charge in [0.1, 0.15) is 0 Å². The van der Waals surface area contributed by atoms with Gasteiger partial charge in [-0.1, -0.05) is 104 Å². The van der Waals surface area contributed by atoms with Crippen LogP contribution in [0.5, 0.6) is 0 Å². The Morgan fingerprint density at radius 2 is 1.14 bits per heavy atom. The van der Waals surface area contributed by atoms with Crippen LogP contribution in [0.15, 0.2) is 170 Å². The first kappa shape index (κ1) is 40.7. The van der Waals surface area contributed by atoms with Crippen molar-refractivity contribution in [1.29, 1.82) is 0 Å². The van der Waals surface area contributed by atoms with Crippen molar-refractivity contribution in [1.82, 2.24) is 14.5 Å². The molecule has 2 aliphatic heterocycles. The SMILES string of the molecule is Cc1cc(C)c(-n2c(-c3[c-]c4c(cc3)N(c3ccccc3)c3cc(C(C)C)cc5c3B4c3[c-]c(-c4nccc6ccccc46)ccc3N5c3ccccc3)nc3ccccc32)c(C)c1.[Pt+2]. The maximum absolute atomic E-state index is 5.42. The molecule has 65 heavy (non-hydrogen) atoms. The third-order valence-corrected chi connectivity index (χ3v) is 13.2. The average molecular weight is 1020 g/mol. The van der Waals surface area contributed by atoms with Gasteiger partial charge in [-0.05, 0) is 131 Å². The average Bonchev–Trinajstić information content (AvgIpc) is 3.70. The predicted molar refractivity (Wildman–Crippen MR) is 267 cm³/mol. The smallest absolute Gasteiger partial charge is 0.352 e. The maximum atomic E-state index is 5.42. The fourth-order valence-corrected chi connectivity index (χ4v) is 10.4. The Balaban J connectivity index is 0.00000469. The van der Waals surface area contributed by atoms with E-state index in [0.29, 0.717) is 5.92 Å². The van der Waals surface area contributed by atoms with E-state index < -0.39 is 0 Å². The van der Waals surface area contributed by atoms with Crippen molar-refractivity contribution in [3.05, 3.63) is 204 Å². The monoisotopic (exact) mass is 1020 g/mol. The number of rotatable bonds is 6. The quantitative estimate of drug-likeness (QED) is 0.123. The molecule has 0 unspecified atom stereocenters. The molecule has 0 radical (unpaired) electrons. The van der Waals surface area contributed by atoms with Gasteiger partial charge in [-0.15, -0.1) is 58.5 Å². The second-order valence-corrected chi connectivity index (χ2v) is 17.6. The molecule has 0 saturated heterocycles. The normalized spacial score (nSPS) is 12.6. The van der Waals surface area contributed by atoms with Crippen LogP contribution in [0.3, 0.4) is 0 Å². The fraction of sp³-hybridized carbons (Fsp3) is 0.103. The van der Waals surface area contributed by atoms with Crippen molar-refractivity contribution >= 4 is 79.0 Å². The minimum atomic E-state index is -0.216. The van der Waals surface area contributed by atoms with Crippen molar-refractivity contribution in [3.63, 3.8) is 0 Å². The molecule has 314 valence electrons. The molecule has 5 nitrogen and oxygen atoms in total. The van der Waals surface area contributed by atoms with Crippen molar-refractivity contribution in [2.75, 3.05) is 9.80 Å². The van der Waals surface area contributed by atoms with Crippen molar-refractivity contribution in [3.8, 4) is 28.3 Å². The molecule has 7 heteroatoms. The zero-order valence-electron chi connectivity index (χ0n) is 36.9. The molecule has 0 atom stereocenters. The Kier molecular flexibility index (Phi) is 9.97. The molecule has 0 aliphatic carbocycles. The number of imidazole rings is 1. The molecule has 0 N–H and O–H groups in total. The second kappa shape index (κ2) is 15.9. The second-order valence-electron chi connectivity index (χ2n) is 17.6. The number of aryl methyl sites for hydroxylation is 3. The molecule has 0 fully saturated rings. The maximum Gasteiger partial charge on any atom is 2.00 e. The van der Waals surface area contributed by atoms with Crippen LogP contribution in [0.1, 0.15) is 42.0 Å². The molecule has 2 aromatic heterocycles. The van der Waals surface area contributed by atoms with Gasteiger partial charge < -0.3 is 19.4 Å². The van der Waals surface area contributed by atoms with Crippen LogP contribution in [0.4, 0.5) is 34.1 Å². The molecule has 10 aromatic rings. The number of fused-ring (bicyclic) bond motifs is 6. The van der Waals surface area contributed by atoms with Gasteiger partial charge in [0.15, 0.2) is 0 Å². The first-order valence-electron chi connectivity index (χ1n) is 22.2. The van der Waals surface area contributed by atoms with E-state index in [2.05, 4.69) is 225 Å². The molecule has 4 heterocycles. The van der Waals surface area contributed by atoms with E-state index >= 15 is 0 Å². The molecule has 2 aliphatic rings. The zero-order valence-corrected chi connectivity index (χ0v) is 39.1. The Bertz CT molecular complexity index is 3440. The molecule has 0 spiro atoms. The summed E-state index contributed by atoms with van der Waals surface area (Å²) in [6.07, 6.45) is 1.92. The van der Waals surface area contributed by atoms with E-state index in [4.69, 9.17) is 9.97 Å². The van der Waals surface area contributed by atoms with E-state index in [9.17, 15) is 0 Å². The van der Waals surface area contributed by atoms with E-state index in [0.717, 1.165) is 95.2 Å². The number of para-hydroxylation sites is 4. The Morgan fingerprint density at radius 3 is 1.78 bits per heavy atom. The van der Waals surface area contributed by atoms with Crippen LogP contribution in [-0.2, 0) is 21.1 Å². The van der Waals surface area contributed by atoms with E-state index in [1.165, 1.54) is 27.7 Å². The van der Waals surface area contributed by atoms with Crippen molar-refractivity contribution in [2.24, 2.45) is 0 Å². The summed E-state index contributed by atoms with van der Waals surface area (Å²) in [4.78, 5) is 15.3. The molecule has 12 rings (SSSR count). The van der Waals surface area contributed by atoms with Gasteiger partial charge in [0, 0.05) is 34.6 Å². The van der Waals surface area contributed by atoms with Gasteiger partial charge in [-0.3, -0.25) is 4.98 Å². The van der Waals surface area contributed by atoms with Crippen LogP contribution < -0.4 is 26.2 Å².